The number of carbonyl (C=O) groups excluding carboxylic acids is 2. The van der Waals surface area contributed by atoms with Crippen molar-refractivity contribution in [1.82, 2.24) is 9.80 Å². The molecule has 0 aromatic heterocycles. The van der Waals surface area contributed by atoms with Gasteiger partial charge in [-0.05, 0) is 25.8 Å². The van der Waals surface area contributed by atoms with Crippen LogP contribution in [0.4, 0.5) is 0 Å². The van der Waals surface area contributed by atoms with Crippen molar-refractivity contribution in [3.63, 3.8) is 0 Å². The van der Waals surface area contributed by atoms with E-state index in [1.165, 1.54) is 0 Å². The largest absolute Gasteiger partial charge is 0.507 e. The Hall–Kier alpha value is -2.96. The molecule has 0 unspecified atom stereocenters. The summed E-state index contributed by atoms with van der Waals surface area (Å²) in [5.41, 5.74) is 3.68. The molecule has 0 bridgehead atoms. The number of likely N-dealkylation sites (tertiary alicyclic amines) is 1. The molecule has 1 N–H and O–H groups in total. The van der Waals surface area contributed by atoms with Crippen molar-refractivity contribution in [3.05, 3.63) is 76.4 Å². The molecular formula is C26H30N2O4. The number of Topliss-reactive ketones (excluding diaryl/α,β-unsaturated/α-hetero) is 1. The molecule has 0 spiro atoms. The van der Waals surface area contributed by atoms with Crippen molar-refractivity contribution < 1.29 is 19.4 Å². The molecule has 4 rings (SSSR count). The molecule has 32 heavy (non-hydrogen) atoms. The molecule has 2 aliphatic rings. The summed E-state index contributed by atoms with van der Waals surface area (Å²) in [5, 5.41) is 11.1. The summed E-state index contributed by atoms with van der Waals surface area (Å²) in [5.74, 6) is -1.30. The van der Waals surface area contributed by atoms with Crippen LogP contribution >= 0.6 is 0 Å². The quantitative estimate of drug-likeness (QED) is 0.428. The Kier molecular flexibility index (Phi) is 6.72. The summed E-state index contributed by atoms with van der Waals surface area (Å²) >= 11 is 0. The zero-order valence-electron chi connectivity index (χ0n) is 18.7. The van der Waals surface area contributed by atoms with Gasteiger partial charge in [-0.15, -0.1) is 0 Å². The summed E-state index contributed by atoms with van der Waals surface area (Å²) in [6.07, 6.45) is 0.750. The number of nitrogens with zero attached hydrogens (tertiary/aromatic N) is 2. The minimum absolute atomic E-state index is 0.121. The lowest BCUT2D eigenvalue weighted by atomic mass is 9.94. The lowest BCUT2D eigenvalue weighted by molar-refractivity contribution is -0.140. The van der Waals surface area contributed by atoms with Gasteiger partial charge >= 0.3 is 0 Å². The van der Waals surface area contributed by atoms with Gasteiger partial charge in [0, 0.05) is 31.7 Å². The van der Waals surface area contributed by atoms with Crippen molar-refractivity contribution in [1.29, 1.82) is 0 Å². The van der Waals surface area contributed by atoms with Gasteiger partial charge in [0.05, 0.1) is 24.8 Å². The van der Waals surface area contributed by atoms with Crippen molar-refractivity contribution in [2.24, 2.45) is 0 Å². The van der Waals surface area contributed by atoms with Gasteiger partial charge in [0.2, 0.25) is 0 Å². The van der Waals surface area contributed by atoms with Gasteiger partial charge in [-0.25, -0.2) is 0 Å². The van der Waals surface area contributed by atoms with E-state index in [-0.39, 0.29) is 11.3 Å². The summed E-state index contributed by atoms with van der Waals surface area (Å²) < 4.78 is 5.40. The molecule has 1 amide bonds. The minimum atomic E-state index is -0.625. The van der Waals surface area contributed by atoms with Gasteiger partial charge in [-0.2, -0.15) is 0 Å². The Morgan fingerprint density at radius 1 is 0.938 bits per heavy atom. The first kappa shape index (κ1) is 22.2. The van der Waals surface area contributed by atoms with Crippen molar-refractivity contribution in [3.8, 4) is 0 Å². The fourth-order valence-corrected chi connectivity index (χ4v) is 4.36. The molecule has 0 saturated carbocycles. The second kappa shape index (κ2) is 9.67. The van der Waals surface area contributed by atoms with Crippen molar-refractivity contribution in [2.75, 3.05) is 39.4 Å². The minimum Gasteiger partial charge on any atom is -0.507 e. The fraction of sp³-hybridized carbons (Fsp3) is 0.385. The Morgan fingerprint density at radius 3 is 2.16 bits per heavy atom. The smallest absolute Gasteiger partial charge is 0.295 e. The third-order valence-corrected chi connectivity index (χ3v) is 6.24. The van der Waals surface area contributed by atoms with Gasteiger partial charge < -0.3 is 14.7 Å². The maximum atomic E-state index is 13.1. The molecule has 168 valence electrons. The predicted octanol–water partition coefficient (Wildman–Crippen LogP) is 3.45. The third kappa shape index (κ3) is 4.61. The molecule has 2 saturated heterocycles. The van der Waals surface area contributed by atoms with Gasteiger partial charge in [-0.1, -0.05) is 59.7 Å². The standard InChI is InChI=1S/C26H30N2O4/c1-18-4-8-20(9-5-18)23-22(24(29)21-10-6-19(2)7-11-21)25(30)26(31)28(23)13-3-12-27-14-16-32-17-15-27/h4-11,23,29H,3,12-17H2,1-2H3/b24-22+/t23-/m0/s1. The maximum absolute atomic E-state index is 13.1. The highest BCUT2D eigenvalue weighted by Crippen LogP contribution is 2.39. The number of amides is 1. The van der Waals surface area contributed by atoms with E-state index in [0.29, 0.717) is 12.1 Å². The van der Waals surface area contributed by atoms with E-state index in [0.717, 1.165) is 56.0 Å². The first-order valence-corrected chi connectivity index (χ1v) is 11.2. The molecule has 2 fully saturated rings. The van der Waals surface area contributed by atoms with Gasteiger partial charge in [0.1, 0.15) is 5.76 Å². The molecule has 0 aliphatic carbocycles. The Balaban J connectivity index is 1.66. The number of carbonyl (C=O) groups is 2. The number of aliphatic hydroxyl groups is 1. The molecule has 6 nitrogen and oxygen atoms in total. The first-order chi connectivity index (χ1) is 15.5. The molecule has 2 aromatic carbocycles. The maximum Gasteiger partial charge on any atom is 0.295 e. The Morgan fingerprint density at radius 2 is 1.53 bits per heavy atom. The van der Waals surface area contributed by atoms with E-state index < -0.39 is 17.7 Å². The number of aryl methyl sites for hydroxylation is 2. The topological polar surface area (TPSA) is 70.1 Å². The summed E-state index contributed by atoms with van der Waals surface area (Å²) in [7, 11) is 0. The van der Waals surface area contributed by atoms with Gasteiger partial charge in [0.25, 0.3) is 11.7 Å². The van der Waals surface area contributed by atoms with Crippen LogP contribution in [0.2, 0.25) is 0 Å². The third-order valence-electron chi connectivity index (χ3n) is 6.24. The van der Waals surface area contributed by atoms with E-state index in [1.807, 2.05) is 50.2 Å². The first-order valence-electron chi connectivity index (χ1n) is 11.2. The highest BCUT2D eigenvalue weighted by molar-refractivity contribution is 6.46. The molecule has 1 atom stereocenters. The van der Waals surface area contributed by atoms with Crippen LogP contribution in [0.5, 0.6) is 0 Å². The SMILES string of the molecule is Cc1ccc(/C(O)=C2\C(=O)C(=O)N(CCCN3CCOCC3)[C@H]2c2ccc(C)cc2)cc1. The van der Waals surface area contributed by atoms with E-state index in [4.69, 9.17) is 4.74 Å². The zero-order valence-corrected chi connectivity index (χ0v) is 18.7. The number of morpholine rings is 1. The number of aliphatic hydroxyl groups excluding tert-OH is 1. The average Bonchev–Trinajstić information content (AvgIpc) is 3.05. The molecular weight excluding hydrogens is 404 g/mol. The number of hydrogen-bond donors (Lipinski definition) is 1. The second-order valence-electron chi connectivity index (χ2n) is 8.58. The number of benzene rings is 2. The summed E-state index contributed by atoms with van der Waals surface area (Å²) in [6.45, 7) is 8.46. The molecule has 2 heterocycles. The Bertz CT molecular complexity index is 1010. The van der Waals surface area contributed by atoms with Crippen LogP contribution < -0.4 is 0 Å². The number of ether oxygens (including phenoxy) is 1. The molecule has 6 heteroatoms. The second-order valence-corrected chi connectivity index (χ2v) is 8.58. The highest BCUT2D eigenvalue weighted by Gasteiger charge is 2.45. The van der Waals surface area contributed by atoms with Crippen LogP contribution in [0.25, 0.3) is 5.76 Å². The van der Waals surface area contributed by atoms with Crippen LogP contribution in [0, 0.1) is 13.8 Å². The predicted molar refractivity (Wildman–Crippen MR) is 123 cm³/mol. The fourth-order valence-electron chi connectivity index (χ4n) is 4.36. The van der Waals surface area contributed by atoms with E-state index >= 15 is 0 Å². The van der Waals surface area contributed by atoms with E-state index in [2.05, 4.69) is 4.90 Å². The van der Waals surface area contributed by atoms with Crippen LogP contribution in [0.15, 0.2) is 54.1 Å². The molecule has 2 aromatic rings. The Labute approximate surface area is 189 Å². The number of hydrogen-bond acceptors (Lipinski definition) is 5. The van der Waals surface area contributed by atoms with Gasteiger partial charge in [0.15, 0.2) is 0 Å². The number of ketones is 1. The van der Waals surface area contributed by atoms with Crippen molar-refractivity contribution in [2.45, 2.75) is 26.3 Å². The van der Waals surface area contributed by atoms with E-state index in [9.17, 15) is 14.7 Å². The van der Waals surface area contributed by atoms with Crippen molar-refractivity contribution >= 4 is 17.4 Å². The van der Waals surface area contributed by atoms with Gasteiger partial charge in [-0.3, -0.25) is 14.5 Å². The number of rotatable bonds is 6. The van der Waals surface area contributed by atoms with Crippen LogP contribution in [0.1, 0.15) is 34.7 Å². The normalized spacial score (nSPS) is 21.3. The lowest BCUT2D eigenvalue weighted by Gasteiger charge is -2.29. The summed E-state index contributed by atoms with van der Waals surface area (Å²) in [4.78, 5) is 30.0. The average molecular weight is 435 g/mol. The lowest BCUT2D eigenvalue weighted by Crippen LogP contribution is -2.38. The monoisotopic (exact) mass is 434 g/mol. The summed E-state index contributed by atoms with van der Waals surface area (Å²) in [6, 6.07) is 14.5. The van der Waals surface area contributed by atoms with E-state index in [1.54, 1.807) is 17.0 Å². The molecule has 2 aliphatic heterocycles. The zero-order chi connectivity index (χ0) is 22.7. The van der Waals surface area contributed by atoms with Crippen LogP contribution in [-0.4, -0.2) is 66.0 Å². The van der Waals surface area contributed by atoms with Crippen LogP contribution in [0.3, 0.4) is 0 Å². The van der Waals surface area contributed by atoms with Crippen LogP contribution in [-0.2, 0) is 14.3 Å². The molecule has 0 radical (unpaired) electrons. The highest BCUT2D eigenvalue weighted by atomic mass is 16.5.